The number of fused-ring (bicyclic) bond motifs is 2. The lowest BCUT2D eigenvalue weighted by atomic mass is 9.78. The van der Waals surface area contributed by atoms with E-state index in [2.05, 4.69) is 5.32 Å². The SMILES string of the molecule is COc1ccccc1CNC(=O)[C@@H]1[C@@H]2CC[C@@H](C2)[C@@H]1C(=O)O. The van der Waals surface area contributed by atoms with Gasteiger partial charge in [-0.15, -0.1) is 0 Å². The molecule has 2 aliphatic rings. The molecule has 0 unspecified atom stereocenters. The van der Waals surface area contributed by atoms with Crippen molar-refractivity contribution in [1.29, 1.82) is 0 Å². The van der Waals surface area contributed by atoms with Crippen LogP contribution in [0.5, 0.6) is 5.75 Å². The van der Waals surface area contributed by atoms with Crippen molar-refractivity contribution in [2.45, 2.75) is 25.8 Å². The molecule has 2 saturated carbocycles. The van der Waals surface area contributed by atoms with Gasteiger partial charge in [0.2, 0.25) is 5.91 Å². The topological polar surface area (TPSA) is 75.6 Å². The third-order valence-corrected chi connectivity index (χ3v) is 5.15. The molecule has 0 saturated heterocycles. The number of carboxylic acids is 1. The molecule has 118 valence electrons. The van der Waals surface area contributed by atoms with Gasteiger partial charge in [-0.1, -0.05) is 18.2 Å². The number of amides is 1. The number of carbonyl (C=O) groups is 2. The third kappa shape index (κ3) is 2.56. The summed E-state index contributed by atoms with van der Waals surface area (Å²) in [5.74, 6) is -0.740. The maximum Gasteiger partial charge on any atom is 0.307 e. The van der Waals surface area contributed by atoms with Crippen LogP contribution in [0.3, 0.4) is 0 Å². The minimum atomic E-state index is -0.829. The fourth-order valence-electron chi connectivity index (χ4n) is 4.17. The van der Waals surface area contributed by atoms with Crippen molar-refractivity contribution in [2.75, 3.05) is 7.11 Å². The van der Waals surface area contributed by atoms with E-state index in [9.17, 15) is 14.7 Å². The van der Waals surface area contributed by atoms with Gasteiger partial charge in [0.1, 0.15) is 5.75 Å². The fraction of sp³-hybridized carbons (Fsp3) is 0.529. The molecule has 5 nitrogen and oxygen atoms in total. The predicted octanol–water partition coefficient (Wildman–Crippen LogP) is 2.06. The smallest absolute Gasteiger partial charge is 0.307 e. The summed E-state index contributed by atoms with van der Waals surface area (Å²) in [6, 6.07) is 7.51. The van der Waals surface area contributed by atoms with E-state index in [0.717, 1.165) is 30.6 Å². The van der Waals surface area contributed by atoms with Gasteiger partial charge in [-0.05, 0) is 37.2 Å². The lowest BCUT2D eigenvalue weighted by molar-refractivity contribution is -0.149. The van der Waals surface area contributed by atoms with Gasteiger partial charge in [0.05, 0.1) is 18.9 Å². The van der Waals surface area contributed by atoms with E-state index >= 15 is 0 Å². The van der Waals surface area contributed by atoms with Gasteiger partial charge in [0.25, 0.3) is 0 Å². The average Bonchev–Trinajstić information content (AvgIpc) is 3.13. The maximum atomic E-state index is 12.5. The van der Waals surface area contributed by atoms with Crippen molar-refractivity contribution in [3.05, 3.63) is 29.8 Å². The van der Waals surface area contributed by atoms with Crippen molar-refractivity contribution in [2.24, 2.45) is 23.7 Å². The van der Waals surface area contributed by atoms with Crippen LogP contribution in [-0.4, -0.2) is 24.1 Å². The van der Waals surface area contributed by atoms with E-state index in [4.69, 9.17) is 4.74 Å². The number of hydrogen-bond donors (Lipinski definition) is 2. The highest BCUT2D eigenvalue weighted by atomic mass is 16.5. The molecule has 0 aliphatic heterocycles. The van der Waals surface area contributed by atoms with E-state index < -0.39 is 11.9 Å². The van der Waals surface area contributed by atoms with Crippen LogP contribution in [0.25, 0.3) is 0 Å². The molecule has 2 fully saturated rings. The molecule has 2 bridgehead atoms. The molecule has 1 aromatic rings. The van der Waals surface area contributed by atoms with E-state index in [0.29, 0.717) is 6.54 Å². The van der Waals surface area contributed by atoms with Crippen LogP contribution in [0.2, 0.25) is 0 Å². The number of rotatable bonds is 5. The summed E-state index contributed by atoms with van der Waals surface area (Å²) in [6.45, 7) is 0.364. The Bertz CT molecular complexity index is 586. The van der Waals surface area contributed by atoms with Crippen LogP contribution < -0.4 is 10.1 Å². The molecule has 5 heteroatoms. The molecule has 0 aromatic heterocycles. The first-order chi connectivity index (χ1) is 10.6. The van der Waals surface area contributed by atoms with Crippen molar-refractivity contribution >= 4 is 11.9 Å². The number of benzene rings is 1. The number of aliphatic carboxylic acids is 1. The minimum Gasteiger partial charge on any atom is -0.496 e. The minimum absolute atomic E-state index is 0.134. The Balaban J connectivity index is 1.68. The molecule has 0 radical (unpaired) electrons. The summed E-state index contributed by atoms with van der Waals surface area (Å²) in [5, 5.41) is 12.3. The standard InChI is InChI=1S/C17H21NO4/c1-22-13-5-3-2-4-12(13)9-18-16(19)14-10-6-7-11(8-10)15(14)17(20)21/h2-5,10-11,14-15H,6-9H2,1H3,(H,18,19)(H,20,21)/t10-,11+,14-,15+/m1/s1. The van der Waals surface area contributed by atoms with Gasteiger partial charge >= 0.3 is 5.97 Å². The van der Waals surface area contributed by atoms with Crippen LogP contribution in [0, 0.1) is 23.7 Å². The Morgan fingerprint density at radius 3 is 2.59 bits per heavy atom. The Kier molecular flexibility index (Phi) is 4.05. The molecule has 3 rings (SSSR count). The number of carboxylic acid groups (broad SMARTS) is 1. The zero-order valence-electron chi connectivity index (χ0n) is 12.6. The Morgan fingerprint density at radius 1 is 1.23 bits per heavy atom. The summed E-state index contributed by atoms with van der Waals surface area (Å²) in [6.07, 6.45) is 2.79. The molecule has 0 heterocycles. The Morgan fingerprint density at radius 2 is 1.91 bits per heavy atom. The molecule has 1 amide bonds. The van der Waals surface area contributed by atoms with E-state index in [1.807, 2.05) is 24.3 Å². The first-order valence-electron chi connectivity index (χ1n) is 7.74. The van der Waals surface area contributed by atoms with Gasteiger partial charge < -0.3 is 15.2 Å². The van der Waals surface area contributed by atoms with Gasteiger partial charge in [-0.3, -0.25) is 9.59 Å². The number of hydrogen-bond acceptors (Lipinski definition) is 3. The highest BCUT2D eigenvalue weighted by Crippen LogP contribution is 2.52. The van der Waals surface area contributed by atoms with E-state index in [1.165, 1.54) is 0 Å². The van der Waals surface area contributed by atoms with Crippen LogP contribution in [0.1, 0.15) is 24.8 Å². The van der Waals surface area contributed by atoms with Crippen molar-refractivity contribution in [1.82, 2.24) is 5.32 Å². The third-order valence-electron chi connectivity index (χ3n) is 5.15. The van der Waals surface area contributed by atoms with Crippen LogP contribution in [-0.2, 0) is 16.1 Å². The molecule has 2 N–H and O–H groups in total. The summed E-state index contributed by atoms with van der Waals surface area (Å²) >= 11 is 0. The number of para-hydroxylation sites is 1. The molecule has 22 heavy (non-hydrogen) atoms. The molecule has 2 aliphatic carbocycles. The quantitative estimate of drug-likeness (QED) is 0.873. The highest BCUT2D eigenvalue weighted by Gasteiger charge is 2.53. The number of ether oxygens (including phenoxy) is 1. The maximum absolute atomic E-state index is 12.5. The van der Waals surface area contributed by atoms with Gasteiger partial charge in [-0.2, -0.15) is 0 Å². The number of nitrogens with one attached hydrogen (secondary N) is 1. The largest absolute Gasteiger partial charge is 0.496 e. The van der Waals surface area contributed by atoms with Gasteiger partial charge in [-0.25, -0.2) is 0 Å². The zero-order valence-corrected chi connectivity index (χ0v) is 12.6. The normalized spacial score (nSPS) is 29.3. The second kappa shape index (κ2) is 5.99. The second-order valence-corrected chi connectivity index (χ2v) is 6.25. The lowest BCUT2D eigenvalue weighted by Crippen LogP contribution is -2.41. The highest BCUT2D eigenvalue weighted by molar-refractivity contribution is 5.86. The fourth-order valence-corrected chi connectivity index (χ4v) is 4.17. The van der Waals surface area contributed by atoms with E-state index in [1.54, 1.807) is 7.11 Å². The molecular formula is C17H21NO4. The molecular weight excluding hydrogens is 282 g/mol. The first-order valence-corrected chi connectivity index (χ1v) is 7.74. The van der Waals surface area contributed by atoms with Crippen molar-refractivity contribution in [3.8, 4) is 5.75 Å². The molecule has 1 aromatic carbocycles. The van der Waals surface area contributed by atoms with Crippen LogP contribution >= 0.6 is 0 Å². The molecule has 0 spiro atoms. The summed E-state index contributed by atoms with van der Waals surface area (Å²) < 4.78 is 5.27. The monoisotopic (exact) mass is 303 g/mol. The van der Waals surface area contributed by atoms with Crippen LogP contribution in [0.4, 0.5) is 0 Å². The summed E-state index contributed by atoms with van der Waals surface area (Å²) in [4.78, 5) is 24.0. The number of carbonyl (C=O) groups excluding carboxylic acids is 1. The van der Waals surface area contributed by atoms with Gasteiger partial charge in [0.15, 0.2) is 0 Å². The first kappa shape index (κ1) is 14.9. The lowest BCUT2D eigenvalue weighted by Gasteiger charge is -2.27. The van der Waals surface area contributed by atoms with Crippen molar-refractivity contribution in [3.63, 3.8) is 0 Å². The second-order valence-electron chi connectivity index (χ2n) is 6.25. The average molecular weight is 303 g/mol. The zero-order chi connectivity index (χ0) is 15.7. The van der Waals surface area contributed by atoms with E-state index in [-0.39, 0.29) is 23.7 Å². The van der Waals surface area contributed by atoms with Crippen LogP contribution in [0.15, 0.2) is 24.3 Å². The Hall–Kier alpha value is -2.04. The summed E-state index contributed by atoms with van der Waals surface area (Å²) in [7, 11) is 1.59. The van der Waals surface area contributed by atoms with Crippen molar-refractivity contribution < 1.29 is 19.4 Å². The predicted molar refractivity (Wildman–Crippen MR) is 80.3 cm³/mol. The van der Waals surface area contributed by atoms with Gasteiger partial charge in [0, 0.05) is 12.1 Å². The Labute approximate surface area is 129 Å². The number of methoxy groups -OCH3 is 1. The molecule has 4 atom stereocenters. The summed E-state index contributed by atoms with van der Waals surface area (Å²) in [5.41, 5.74) is 0.897.